The van der Waals surface area contributed by atoms with Crippen LogP contribution in [0, 0.1) is 0 Å². The van der Waals surface area contributed by atoms with Crippen LogP contribution in [-0.4, -0.2) is 36.6 Å². The van der Waals surface area contributed by atoms with Crippen molar-refractivity contribution in [1.29, 1.82) is 0 Å². The van der Waals surface area contributed by atoms with Crippen LogP contribution >= 0.6 is 0 Å². The maximum atomic E-state index is 6.61. The maximum absolute atomic E-state index is 6.61. The molecule has 2 heterocycles. The lowest BCUT2D eigenvalue weighted by Gasteiger charge is -2.33. The summed E-state index contributed by atoms with van der Waals surface area (Å²) in [5, 5.41) is 0. The fourth-order valence-corrected chi connectivity index (χ4v) is 13.8. The summed E-state index contributed by atoms with van der Waals surface area (Å²) in [4.78, 5) is 2.56. The number of rotatable bonds is 5. The van der Waals surface area contributed by atoms with Crippen molar-refractivity contribution < 1.29 is 18.6 Å². The summed E-state index contributed by atoms with van der Waals surface area (Å²) in [5.41, 5.74) is 23.4. The van der Waals surface area contributed by atoms with E-state index in [1.54, 1.807) is 0 Å². The van der Waals surface area contributed by atoms with Crippen molar-refractivity contribution in [1.82, 2.24) is 0 Å². The molecule has 14 rings (SSSR count). The summed E-state index contributed by atoms with van der Waals surface area (Å²) in [6, 6.07) is 62.4. The van der Waals surface area contributed by atoms with Gasteiger partial charge in [-0.3, -0.25) is 0 Å². The molecule has 74 heavy (non-hydrogen) atoms. The van der Waals surface area contributed by atoms with Gasteiger partial charge in [0, 0.05) is 27.8 Å². The molecule has 0 saturated carbocycles. The van der Waals surface area contributed by atoms with E-state index in [-0.39, 0.29) is 10.8 Å². The van der Waals surface area contributed by atoms with Crippen molar-refractivity contribution in [2.75, 3.05) is 4.90 Å². The molecular weight excluding hydrogens is 904 g/mol. The smallest absolute Gasteiger partial charge is 0.399 e. The highest BCUT2D eigenvalue weighted by Crippen LogP contribution is 2.65. The minimum atomic E-state index is -0.478. The van der Waals surface area contributed by atoms with Crippen molar-refractivity contribution in [3.63, 3.8) is 0 Å². The minimum absolute atomic E-state index is 0.311. The van der Waals surface area contributed by atoms with Crippen LogP contribution in [0.5, 0.6) is 0 Å². The van der Waals surface area contributed by atoms with Gasteiger partial charge in [-0.25, -0.2) is 0 Å². The molecule has 5 nitrogen and oxygen atoms in total. The van der Waals surface area contributed by atoms with Crippen molar-refractivity contribution >= 4 is 42.2 Å². The van der Waals surface area contributed by atoms with Crippen molar-refractivity contribution in [3.8, 4) is 44.5 Å². The van der Waals surface area contributed by atoms with Crippen LogP contribution < -0.4 is 15.8 Å². The normalized spacial score (nSPS) is 20.1. The highest BCUT2D eigenvalue weighted by atomic mass is 16.7. The van der Waals surface area contributed by atoms with E-state index in [2.05, 4.69) is 252 Å². The number of fused-ring (bicyclic) bond motifs is 16. The van der Waals surface area contributed by atoms with Gasteiger partial charge in [0.15, 0.2) is 0 Å². The third kappa shape index (κ3) is 5.93. The summed E-state index contributed by atoms with van der Waals surface area (Å²) < 4.78 is 26.4. The van der Waals surface area contributed by atoms with E-state index in [1.165, 1.54) is 89.0 Å². The van der Waals surface area contributed by atoms with E-state index < -0.39 is 42.1 Å². The average Bonchev–Trinajstić information content (AvgIpc) is 4.16. The van der Waals surface area contributed by atoms with Gasteiger partial charge in [-0.05, 0) is 180 Å². The average molecular weight is 968 g/mol. The van der Waals surface area contributed by atoms with Crippen LogP contribution in [0.2, 0.25) is 0 Å². The van der Waals surface area contributed by atoms with Gasteiger partial charge in [0.05, 0.1) is 33.5 Å². The quantitative estimate of drug-likeness (QED) is 0.161. The molecule has 1 spiro atoms. The first-order valence-electron chi connectivity index (χ1n) is 26.7. The Bertz CT molecular complexity index is 3530. The van der Waals surface area contributed by atoms with Gasteiger partial charge in [0.2, 0.25) is 0 Å². The highest BCUT2D eigenvalue weighted by molar-refractivity contribution is 6.62. The second kappa shape index (κ2) is 14.9. The standard InChI is InChI=1S/C67H63B2NO4/c1-61(2)55-36-40(68-71-63(5,6)64(7,8)72-68)28-32-46(55)48-34-30-42(38-57(48)61)70(43-31-35-49-47-33-29-41(37-56(47)62(3,4)58(49)39-43)69-73-65(9,10)66(11,12)74-69)59-27-19-26-54-60(59)50-22-15-18-25-53(50)67(54)51-23-16-13-20-44(51)45-21-14-17-24-52(45)67/h13-39H,1-12H3. The molecule has 2 aliphatic heterocycles. The molecule has 0 unspecified atom stereocenters. The molecule has 2 fully saturated rings. The summed E-state index contributed by atoms with van der Waals surface area (Å²) in [6.07, 6.45) is 0. The Hall–Kier alpha value is -6.47. The van der Waals surface area contributed by atoms with Gasteiger partial charge in [-0.2, -0.15) is 0 Å². The number of anilines is 3. The van der Waals surface area contributed by atoms with E-state index in [4.69, 9.17) is 18.6 Å². The first kappa shape index (κ1) is 46.1. The molecule has 2 saturated heterocycles. The first-order valence-corrected chi connectivity index (χ1v) is 26.7. The van der Waals surface area contributed by atoms with Crippen molar-refractivity contribution in [2.45, 2.75) is 122 Å². The third-order valence-electron chi connectivity index (χ3n) is 19.2. The SMILES string of the molecule is CC1(C)c2cc(B3OC(C)(C)C(C)(C)O3)ccc2-c2ccc(N(c3ccc4c(c3)C(C)(C)c3cc(B5OC(C)(C)C(C)(C)O5)ccc3-4)c3cccc4c3-c3ccccc3C43c4ccccc4-c4ccccc43)cc21. The van der Waals surface area contributed by atoms with Gasteiger partial charge >= 0.3 is 14.2 Å². The largest absolute Gasteiger partial charge is 0.494 e. The number of hydrogen-bond donors (Lipinski definition) is 0. The van der Waals surface area contributed by atoms with Crippen LogP contribution in [0.4, 0.5) is 17.1 Å². The van der Waals surface area contributed by atoms with E-state index >= 15 is 0 Å². The summed E-state index contributed by atoms with van der Waals surface area (Å²) >= 11 is 0. The fraction of sp³-hybridized carbons (Fsp3) is 0.284. The molecule has 0 amide bonds. The lowest BCUT2D eigenvalue weighted by Crippen LogP contribution is -2.41. The summed E-state index contributed by atoms with van der Waals surface area (Å²) in [6.45, 7) is 26.5. The second-order valence-corrected chi connectivity index (χ2v) is 24.9. The van der Waals surface area contributed by atoms with E-state index in [0.29, 0.717) is 0 Å². The minimum Gasteiger partial charge on any atom is -0.399 e. The van der Waals surface area contributed by atoms with Gasteiger partial charge in [-0.1, -0.05) is 161 Å². The van der Waals surface area contributed by atoms with Crippen LogP contribution in [0.1, 0.15) is 128 Å². The molecule has 7 heteroatoms. The Morgan fingerprint density at radius 2 is 0.649 bits per heavy atom. The topological polar surface area (TPSA) is 40.2 Å². The Morgan fingerprint density at radius 1 is 0.311 bits per heavy atom. The second-order valence-electron chi connectivity index (χ2n) is 24.9. The molecule has 0 radical (unpaired) electrons. The number of nitrogens with zero attached hydrogens (tertiary/aromatic N) is 1. The van der Waals surface area contributed by atoms with E-state index in [9.17, 15) is 0 Å². The van der Waals surface area contributed by atoms with Gasteiger partial charge in [-0.15, -0.1) is 0 Å². The number of benzene rings is 8. The third-order valence-corrected chi connectivity index (χ3v) is 19.2. The molecular formula is C67H63B2NO4. The van der Waals surface area contributed by atoms with Gasteiger partial charge in [0.1, 0.15) is 0 Å². The van der Waals surface area contributed by atoms with E-state index in [1.807, 2.05) is 0 Å². The fourth-order valence-electron chi connectivity index (χ4n) is 13.8. The van der Waals surface area contributed by atoms with Gasteiger partial charge in [0.25, 0.3) is 0 Å². The zero-order valence-corrected chi connectivity index (χ0v) is 44.8. The van der Waals surface area contributed by atoms with E-state index in [0.717, 1.165) is 28.0 Å². The summed E-state index contributed by atoms with van der Waals surface area (Å²) in [5.74, 6) is 0. The molecule has 6 aliphatic rings. The zero-order valence-electron chi connectivity index (χ0n) is 44.8. The molecule has 8 aromatic rings. The predicted octanol–water partition coefficient (Wildman–Crippen LogP) is 14.7. The van der Waals surface area contributed by atoms with Gasteiger partial charge < -0.3 is 23.5 Å². The van der Waals surface area contributed by atoms with Crippen molar-refractivity contribution in [3.05, 3.63) is 208 Å². The number of hydrogen-bond acceptors (Lipinski definition) is 5. The molecule has 0 N–H and O–H groups in total. The first-order chi connectivity index (χ1) is 35.2. The molecule has 0 aromatic heterocycles. The summed E-state index contributed by atoms with van der Waals surface area (Å²) in [7, 11) is -0.877. The Morgan fingerprint density at radius 3 is 1.08 bits per heavy atom. The van der Waals surface area contributed by atoms with Crippen LogP contribution in [0.25, 0.3) is 44.5 Å². The Labute approximate surface area is 438 Å². The predicted molar refractivity (Wildman–Crippen MR) is 304 cm³/mol. The van der Waals surface area contributed by atoms with Crippen molar-refractivity contribution in [2.24, 2.45) is 0 Å². The molecule has 366 valence electrons. The zero-order chi connectivity index (χ0) is 51.3. The highest BCUT2D eigenvalue weighted by Gasteiger charge is 2.55. The van der Waals surface area contributed by atoms with Crippen LogP contribution in [0.15, 0.2) is 164 Å². The van der Waals surface area contributed by atoms with Crippen LogP contribution in [0.3, 0.4) is 0 Å². The molecule has 0 atom stereocenters. The lowest BCUT2D eigenvalue weighted by atomic mass is 9.70. The molecule has 8 aromatic carbocycles. The Balaban J connectivity index is 0.955. The maximum Gasteiger partial charge on any atom is 0.494 e. The lowest BCUT2D eigenvalue weighted by molar-refractivity contribution is 0.00578. The Kier molecular flexibility index (Phi) is 9.27. The molecule has 4 aliphatic carbocycles. The molecule has 0 bridgehead atoms. The monoisotopic (exact) mass is 967 g/mol. The van der Waals surface area contributed by atoms with Crippen LogP contribution in [-0.2, 0) is 34.9 Å².